The van der Waals surface area contributed by atoms with Crippen LogP contribution in [0.25, 0.3) is 10.9 Å². The number of ketones is 2. The van der Waals surface area contributed by atoms with Crippen molar-refractivity contribution in [2.45, 2.75) is 173 Å². The second kappa shape index (κ2) is 23.9. The highest BCUT2D eigenvalue weighted by Gasteiger charge is 2.56. The smallest absolute Gasteiger partial charge is 0.329 e. The normalized spacial score (nSPS) is 34.5. The molecule has 0 spiro atoms. The number of amides is 1. The Morgan fingerprint density at radius 2 is 1.61 bits per heavy atom. The number of cyclic esters (lactones) is 1. The maximum atomic E-state index is 14.6. The number of aliphatic hydroxyl groups is 3. The number of benzene rings is 2. The molecule has 14 atom stereocenters. The number of nitrogens with zero attached hydrogens (tertiary/aromatic N) is 2. The van der Waals surface area contributed by atoms with E-state index in [1.807, 2.05) is 69.3 Å². The Morgan fingerprint density at radius 3 is 2.31 bits per heavy atom. The number of hydrogen-bond donors (Lipinski definition) is 3. The minimum Gasteiger partial charge on any atom is -0.488 e. The van der Waals surface area contributed by atoms with E-state index in [-0.39, 0.29) is 43.4 Å². The van der Waals surface area contributed by atoms with Crippen LogP contribution in [0.5, 0.6) is 5.75 Å². The van der Waals surface area contributed by atoms with Crippen molar-refractivity contribution in [3.05, 3.63) is 89.7 Å². The number of aliphatic hydroxyl groups excluding tert-OH is 2. The molecular formula is C57H78N2O12. The number of allylic oxidation sites excluding steroid dienone is 3. The predicted octanol–water partition coefficient (Wildman–Crippen LogP) is 7.91. The molecule has 1 aliphatic carbocycles. The summed E-state index contributed by atoms with van der Waals surface area (Å²) < 4.78 is 33.1. The molecule has 3 aliphatic heterocycles. The fourth-order valence-electron chi connectivity index (χ4n) is 11.6. The van der Waals surface area contributed by atoms with Crippen LogP contribution >= 0.6 is 0 Å². The van der Waals surface area contributed by atoms with E-state index in [1.165, 1.54) is 24.7 Å². The molecule has 1 amide bonds. The van der Waals surface area contributed by atoms with Gasteiger partial charge in [-0.3, -0.25) is 14.4 Å². The molecule has 2 aromatic carbocycles. The molecule has 14 heteroatoms. The lowest BCUT2D eigenvalue weighted by atomic mass is 9.81. The molecule has 7 rings (SSSR count). The molecule has 71 heavy (non-hydrogen) atoms. The van der Waals surface area contributed by atoms with Gasteiger partial charge in [-0.2, -0.15) is 0 Å². The van der Waals surface area contributed by atoms with Gasteiger partial charge >= 0.3 is 5.97 Å². The average molecular weight is 983 g/mol. The summed E-state index contributed by atoms with van der Waals surface area (Å²) in [4.78, 5) is 58.6. The van der Waals surface area contributed by atoms with E-state index in [0.717, 1.165) is 23.0 Å². The largest absolute Gasteiger partial charge is 0.488 e. The number of fused-ring (bicyclic) bond motifs is 4. The second-order valence-electron chi connectivity index (χ2n) is 21.2. The van der Waals surface area contributed by atoms with Gasteiger partial charge in [0.15, 0.2) is 0 Å². The lowest BCUT2D eigenvalue weighted by molar-refractivity contribution is -0.302. The van der Waals surface area contributed by atoms with Crippen LogP contribution in [0.4, 0.5) is 0 Å². The molecule has 3 N–H and O–H groups in total. The van der Waals surface area contributed by atoms with Crippen molar-refractivity contribution in [2.24, 2.45) is 29.6 Å². The fraction of sp³-hybridized carbons (Fsp3) is 0.614. The number of hydrogen-bond acceptors (Lipinski definition) is 12. The van der Waals surface area contributed by atoms with Gasteiger partial charge in [-0.25, -0.2) is 4.79 Å². The predicted molar refractivity (Wildman–Crippen MR) is 269 cm³/mol. The third-order valence-corrected chi connectivity index (χ3v) is 15.8. The average Bonchev–Trinajstić information content (AvgIpc) is 3.75. The monoisotopic (exact) mass is 983 g/mol. The fourth-order valence-corrected chi connectivity index (χ4v) is 11.6. The highest BCUT2D eigenvalue weighted by atomic mass is 16.7. The van der Waals surface area contributed by atoms with Gasteiger partial charge < -0.3 is 48.5 Å². The Morgan fingerprint density at radius 1 is 0.873 bits per heavy atom. The van der Waals surface area contributed by atoms with Gasteiger partial charge in [0.25, 0.3) is 11.7 Å². The number of methoxy groups -OCH3 is 2. The molecule has 1 aromatic heterocycles. The molecule has 2 saturated heterocycles. The zero-order valence-corrected chi connectivity index (χ0v) is 43.0. The van der Waals surface area contributed by atoms with Gasteiger partial charge in [0.1, 0.15) is 35.9 Å². The Labute approximate surface area is 419 Å². The van der Waals surface area contributed by atoms with Crippen LogP contribution in [0.2, 0.25) is 0 Å². The van der Waals surface area contributed by atoms with E-state index in [4.69, 9.17) is 23.7 Å². The summed E-state index contributed by atoms with van der Waals surface area (Å²) in [5, 5.41) is 36.6. The minimum atomic E-state index is -2.52. The van der Waals surface area contributed by atoms with Crippen LogP contribution in [-0.2, 0) is 44.7 Å². The third kappa shape index (κ3) is 12.6. The van der Waals surface area contributed by atoms with Crippen molar-refractivity contribution in [3.8, 4) is 5.75 Å². The second-order valence-corrected chi connectivity index (χ2v) is 21.2. The van der Waals surface area contributed by atoms with Gasteiger partial charge in [0, 0.05) is 68.6 Å². The van der Waals surface area contributed by atoms with E-state index in [9.17, 15) is 34.5 Å². The lowest BCUT2D eigenvalue weighted by Crippen LogP contribution is -2.64. The molecule has 14 nitrogen and oxygen atoms in total. The molecule has 0 radical (unpaired) electrons. The van der Waals surface area contributed by atoms with Crippen molar-refractivity contribution in [1.82, 2.24) is 9.47 Å². The highest BCUT2D eigenvalue weighted by Crippen LogP contribution is 2.40. The first-order valence-electron chi connectivity index (χ1n) is 26.0. The Bertz CT molecular complexity index is 2380. The molecule has 1 saturated carbocycles. The Kier molecular flexibility index (Phi) is 18.2. The van der Waals surface area contributed by atoms with Gasteiger partial charge in [0.2, 0.25) is 5.79 Å². The summed E-state index contributed by atoms with van der Waals surface area (Å²) >= 11 is 0. The van der Waals surface area contributed by atoms with E-state index in [1.54, 1.807) is 13.8 Å². The van der Waals surface area contributed by atoms with Crippen molar-refractivity contribution < 1.29 is 58.2 Å². The van der Waals surface area contributed by atoms with Crippen LogP contribution in [0.15, 0.2) is 84.1 Å². The van der Waals surface area contributed by atoms with Gasteiger partial charge in [0.05, 0.1) is 24.4 Å². The maximum absolute atomic E-state index is 14.6. The SMILES string of the molecule is CCC1C=C(C)CC(C)CC(OC)C2OC(O)(C(=O)C(=O)N3CCCCC3C(=O)OC(C(C)=CC3CCC(Oc4ccc5c(ccn5Cc5ccccc5)c4)C(O)C3)C(C)C(O)CC1=O)C(C)CC2OC. The summed E-state index contributed by atoms with van der Waals surface area (Å²) in [6.45, 7) is 12.0. The number of aromatic nitrogens is 1. The molecule has 14 unspecified atom stereocenters. The van der Waals surface area contributed by atoms with E-state index in [0.29, 0.717) is 62.7 Å². The Hall–Kier alpha value is -4.70. The summed E-state index contributed by atoms with van der Waals surface area (Å²) in [6, 6.07) is 17.2. The van der Waals surface area contributed by atoms with Gasteiger partial charge in [-0.1, -0.05) is 75.8 Å². The minimum absolute atomic E-state index is 0.0190. The van der Waals surface area contributed by atoms with Gasteiger partial charge in [-0.15, -0.1) is 0 Å². The summed E-state index contributed by atoms with van der Waals surface area (Å²) in [6.07, 6.45) is 5.02. The van der Waals surface area contributed by atoms with Crippen LogP contribution in [0.1, 0.15) is 118 Å². The van der Waals surface area contributed by atoms with Crippen LogP contribution in [0.3, 0.4) is 0 Å². The topological polar surface area (TPSA) is 183 Å². The first kappa shape index (κ1) is 54.1. The van der Waals surface area contributed by atoms with E-state index in [2.05, 4.69) is 35.9 Å². The van der Waals surface area contributed by atoms with Crippen molar-refractivity contribution in [3.63, 3.8) is 0 Å². The molecule has 4 heterocycles. The number of ether oxygens (including phenoxy) is 5. The standard InChI is InChI=1S/C57H78N2O12/c1-9-41-26-34(2)25-35(3)27-50(67-7)53-51(68-8)29-37(5)57(66,71-53)54(63)55(64)59-23-14-13-17-45(59)56(65)70-52(38(6)46(60)32-47(41)61)36(4)28-40-18-21-49(48(62)30-40)69-43-19-20-44-42(31-43)22-24-58(44)33-39-15-11-10-12-16-39/h10-12,15-16,19-20,22,24,26,28,31,35,37-38,40-41,45-46,48-53,60,62,66H,9,13-14,17-18,21,23,25,27,29-30,32-33H2,1-8H3. The summed E-state index contributed by atoms with van der Waals surface area (Å²) in [5.41, 5.74) is 3.91. The molecule has 3 aromatic rings. The van der Waals surface area contributed by atoms with Crippen LogP contribution in [0, 0.1) is 29.6 Å². The van der Waals surface area contributed by atoms with Crippen molar-refractivity contribution in [1.29, 1.82) is 0 Å². The Balaban J connectivity index is 1.13. The quantitative estimate of drug-likeness (QED) is 0.107. The third-order valence-electron chi connectivity index (χ3n) is 15.8. The number of carbonyl (C=O) groups excluding carboxylic acids is 4. The molecule has 388 valence electrons. The zero-order chi connectivity index (χ0) is 51.1. The maximum Gasteiger partial charge on any atom is 0.329 e. The van der Waals surface area contributed by atoms with Crippen LogP contribution < -0.4 is 4.74 Å². The summed E-state index contributed by atoms with van der Waals surface area (Å²) in [5.74, 6) is -7.13. The van der Waals surface area contributed by atoms with Crippen molar-refractivity contribution in [2.75, 3.05) is 20.8 Å². The molecular weight excluding hydrogens is 905 g/mol. The number of esters is 1. The molecule has 4 aliphatic rings. The molecule has 2 bridgehead atoms. The zero-order valence-electron chi connectivity index (χ0n) is 43.0. The van der Waals surface area contributed by atoms with E-state index < -0.39 is 90.0 Å². The molecule has 3 fully saturated rings. The van der Waals surface area contributed by atoms with Crippen molar-refractivity contribution >= 4 is 34.3 Å². The first-order chi connectivity index (χ1) is 33.9. The lowest BCUT2D eigenvalue weighted by Gasteiger charge is -2.47. The number of rotatable bonds is 9. The first-order valence-corrected chi connectivity index (χ1v) is 26.0. The number of piperidine rings is 1. The van der Waals surface area contributed by atoms with Crippen LogP contribution in [-0.4, -0.2) is 124 Å². The summed E-state index contributed by atoms with van der Waals surface area (Å²) in [7, 11) is 3.07. The van der Waals surface area contributed by atoms with Gasteiger partial charge in [-0.05, 0) is 125 Å². The van der Waals surface area contributed by atoms with E-state index >= 15 is 0 Å². The number of carbonyl (C=O) groups is 4. The number of Topliss-reactive ketones (excluding diaryl/α,β-unsaturated/α-hetero) is 2. The highest BCUT2D eigenvalue weighted by molar-refractivity contribution is 6.39.